The molecule has 0 saturated carbocycles. The third-order valence-electron chi connectivity index (χ3n) is 5.27. The van der Waals surface area contributed by atoms with Gasteiger partial charge in [0.2, 0.25) is 5.91 Å². The van der Waals surface area contributed by atoms with Crippen molar-refractivity contribution in [2.45, 2.75) is 39.8 Å². The lowest BCUT2D eigenvalue weighted by Gasteiger charge is -2.40. The van der Waals surface area contributed by atoms with Gasteiger partial charge in [-0.25, -0.2) is 4.79 Å². The molecule has 0 bridgehead atoms. The average molecular weight is 423 g/mol. The Balaban J connectivity index is 1.69. The average Bonchev–Trinajstić information content (AvgIpc) is 3.38. The molecular formula is C22H25N5O4. The molecule has 162 valence electrons. The molecule has 31 heavy (non-hydrogen) atoms. The van der Waals surface area contributed by atoms with Crippen molar-refractivity contribution >= 4 is 23.4 Å². The Morgan fingerprint density at radius 1 is 1.23 bits per heavy atom. The van der Waals surface area contributed by atoms with Crippen LogP contribution in [0.2, 0.25) is 0 Å². The normalized spacial score (nSPS) is 15.9. The van der Waals surface area contributed by atoms with E-state index in [1.165, 1.54) is 4.90 Å². The highest BCUT2D eigenvalue weighted by molar-refractivity contribution is 6.03. The Bertz CT molecular complexity index is 1090. The van der Waals surface area contributed by atoms with E-state index in [0.717, 1.165) is 11.1 Å². The summed E-state index contributed by atoms with van der Waals surface area (Å²) < 4.78 is 6.85. The Kier molecular flexibility index (Phi) is 5.50. The highest BCUT2D eigenvalue weighted by atomic mass is 16.5. The standard InChI is InChI=1S/C22H25N5O4/c1-14(2)8-21(28)27-15(3)11-26(22(29)30)20-9-16(4-5-19(20)27)17-10-23-25(12-17)13-18-6-7-24-31-18/h4-7,9-10,12,14-15H,8,11,13H2,1-3H3,(H,29,30)/t15-/m0/s1. The lowest BCUT2D eigenvalue weighted by Crippen LogP contribution is -2.51. The van der Waals surface area contributed by atoms with E-state index in [9.17, 15) is 14.7 Å². The van der Waals surface area contributed by atoms with Crippen LogP contribution in [-0.2, 0) is 11.3 Å². The van der Waals surface area contributed by atoms with E-state index in [2.05, 4.69) is 10.3 Å². The van der Waals surface area contributed by atoms with Gasteiger partial charge in [0.25, 0.3) is 0 Å². The maximum Gasteiger partial charge on any atom is 0.411 e. The molecule has 3 heterocycles. The molecule has 0 fully saturated rings. The number of anilines is 2. The summed E-state index contributed by atoms with van der Waals surface area (Å²) in [7, 11) is 0. The molecule has 0 saturated heterocycles. The van der Waals surface area contributed by atoms with Crippen molar-refractivity contribution in [1.29, 1.82) is 0 Å². The van der Waals surface area contributed by atoms with Gasteiger partial charge in [0, 0.05) is 30.8 Å². The summed E-state index contributed by atoms with van der Waals surface area (Å²) in [5, 5.41) is 17.8. The van der Waals surface area contributed by atoms with E-state index in [1.807, 2.05) is 39.1 Å². The summed E-state index contributed by atoms with van der Waals surface area (Å²) in [6.45, 7) is 6.53. The summed E-state index contributed by atoms with van der Waals surface area (Å²) >= 11 is 0. The van der Waals surface area contributed by atoms with Crippen molar-refractivity contribution in [1.82, 2.24) is 14.9 Å². The number of hydrogen-bond donors (Lipinski definition) is 1. The van der Waals surface area contributed by atoms with Gasteiger partial charge in [-0.15, -0.1) is 0 Å². The minimum atomic E-state index is -1.04. The zero-order valence-corrected chi connectivity index (χ0v) is 17.7. The first-order valence-electron chi connectivity index (χ1n) is 10.2. The van der Waals surface area contributed by atoms with Crippen LogP contribution in [0.25, 0.3) is 11.1 Å². The lowest BCUT2D eigenvalue weighted by molar-refractivity contribution is -0.119. The van der Waals surface area contributed by atoms with Crippen LogP contribution in [0.4, 0.5) is 16.2 Å². The molecule has 1 aliphatic heterocycles. The predicted molar refractivity (Wildman–Crippen MR) is 115 cm³/mol. The van der Waals surface area contributed by atoms with E-state index < -0.39 is 6.09 Å². The third-order valence-corrected chi connectivity index (χ3v) is 5.27. The first-order valence-corrected chi connectivity index (χ1v) is 10.2. The molecule has 1 aromatic carbocycles. The van der Waals surface area contributed by atoms with E-state index in [0.29, 0.717) is 30.1 Å². The van der Waals surface area contributed by atoms with Crippen molar-refractivity contribution in [3.05, 3.63) is 48.6 Å². The topological polar surface area (TPSA) is 105 Å². The summed E-state index contributed by atoms with van der Waals surface area (Å²) in [6, 6.07) is 7.05. The maximum absolute atomic E-state index is 12.9. The predicted octanol–water partition coefficient (Wildman–Crippen LogP) is 3.85. The molecule has 0 aliphatic carbocycles. The molecule has 4 rings (SSSR count). The van der Waals surface area contributed by atoms with Crippen LogP contribution in [0, 0.1) is 5.92 Å². The second-order valence-corrected chi connectivity index (χ2v) is 8.21. The highest BCUT2D eigenvalue weighted by Crippen LogP contribution is 2.39. The molecule has 1 N–H and O–H groups in total. The zero-order chi connectivity index (χ0) is 22.1. The number of fused-ring (bicyclic) bond motifs is 1. The number of benzene rings is 1. The summed E-state index contributed by atoms with van der Waals surface area (Å²) in [4.78, 5) is 27.9. The quantitative estimate of drug-likeness (QED) is 0.668. The third kappa shape index (κ3) is 4.16. The second-order valence-electron chi connectivity index (χ2n) is 8.21. The minimum absolute atomic E-state index is 0.00131. The van der Waals surface area contributed by atoms with Crippen LogP contribution in [0.5, 0.6) is 0 Å². The van der Waals surface area contributed by atoms with Gasteiger partial charge < -0.3 is 14.5 Å². The summed E-state index contributed by atoms with van der Waals surface area (Å²) in [5.74, 6) is 0.905. The molecule has 0 radical (unpaired) electrons. The first kappa shape index (κ1) is 20.6. The first-order chi connectivity index (χ1) is 14.8. The van der Waals surface area contributed by atoms with Crippen LogP contribution in [-0.4, -0.2) is 44.6 Å². The van der Waals surface area contributed by atoms with Gasteiger partial charge in [-0.2, -0.15) is 5.10 Å². The number of carboxylic acid groups (broad SMARTS) is 1. The van der Waals surface area contributed by atoms with E-state index in [1.54, 1.807) is 34.1 Å². The number of amides is 2. The maximum atomic E-state index is 12.9. The molecule has 1 aliphatic rings. The molecule has 1 atom stereocenters. The lowest BCUT2D eigenvalue weighted by atomic mass is 10.0. The van der Waals surface area contributed by atoms with E-state index in [-0.39, 0.29) is 24.4 Å². The monoisotopic (exact) mass is 423 g/mol. The van der Waals surface area contributed by atoms with Gasteiger partial charge in [-0.05, 0) is 30.5 Å². The van der Waals surface area contributed by atoms with E-state index >= 15 is 0 Å². The fourth-order valence-electron chi connectivity index (χ4n) is 3.90. The van der Waals surface area contributed by atoms with Gasteiger partial charge in [0.1, 0.15) is 6.54 Å². The van der Waals surface area contributed by atoms with E-state index in [4.69, 9.17) is 4.52 Å². The number of nitrogens with zero attached hydrogens (tertiary/aromatic N) is 5. The Hall–Kier alpha value is -3.62. The van der Waals surface area contributed by atoms with Crippen LogP contribution >= 0.6 is 0 Å². The van der Waals surface area contributed by atoms with Gasteiger partial charge in [-0.1, -0.05) is 25.1 Å². The van der Waals surface area contributed by atoms with Crippen molar-refractivity contribution in [2.75, 3.05) is 16.3 Å². The van der Waals surface area contributed by atoms with Crippen molar-refractivity contribution < 1.29 is 19.2 Å². The highest BCUT2D eigenvalue weighted by Gasteiger charge is 2.35. The fraction of sp³-hybridized carbons (Fsp3) is 0.364. The largest absolute Gasteiger partial charge is 0.465 e. The van der Waals surface area contributed by atoms with Crippen LogP contribution in [0.15, 0.2) is 47.4 Å². The molecule has 3 aromatic rings. The van der Waals surface area contributed by atoms with Crippen molar-refractivity contribution in [3.8, 4) is 11.1 Å². The Labute approximate surface area is 179 Å². The van der Waals surface area contributed by atoms with Crippen molar-refractivity contribution in [2.24, 2.45) is 5.92 Å². The number of rotatable bonds is 5. The Morgan fingerprint density at radius 3 is 2.71 bits per heavy atom. The number of hydrogen-bond acceptors (Lipinski definition) is 5. The summed E-state index contributed by atoms with van der Waals surface area (Å²) in [5.41, 5.74) is 2.78. The molecule has 0 spiro atoms. The van der Waals surface area contributed by atoms with Crippen LogP contribution in [0.1, 0.15) is 33.0 Å². The summed E-state index contributed by atoms with van der Waals surface area (Å²) in [6.07, 6.45) is 4.53. The second kappa shape index (κ2) is 8.25. The van der Waals surface area contributed by atoms with Gasteiger partial charge >= 0.3 is 6.09 Å². The SMILES string of the molecule is CC(C)CC(=O)N1c2ccc(-c3cnn(Cc4ccno4)c3)cc2N(C(=O)O)C[C@@H]1C. The van der Waals surface area contributed by atoms with Crippen LogP contribution in [0.3, 0.4) is 0 Å². The minimum Gasteiger partial charge on any atom is -0.465 e. The molecule has 0 unspecified atom stereocenters. The fourth-order valence-corrected chi connectivity index (χ4v) is 3.90. The number of carbonyl (C=O) groups excluding carboxylic acids is 1. The number of aromatic nitrogens is 3. The van der Waals surface area contributed by atoms with Gasteiger partial charge in [-0.3, -0.25) is 14.4 Å². The molecule has 2 amide bonds. The Morgan fingerprint density at radius 2 is 2.03 bits per heavy atom. The van der Waals surface area contributed by atoms with Gasteiger partial charge in [0.05, 0.1) is 29.8 Å². The van der Waals surface area contributed by atoms with Gasteiger partial charge in [0.15, 0.2) is 5.76 Å². The molecule has 2 aromatic heterocycles. The smallest absolute Gasteiger partial charge is 0.411 e. The molecular weight excluding hydrogens is 398 g/mol. The molecule has 9 nitrogen and oxygen atoms in total. The zero-order valence-electron chi connectivity index (χ0n) is 17.7. The van der Waals surface area contributed by atoms with Crippen LogP contribution < -0.4 is 9.80 Å². The van der Waals surface area contributed by atoms with Crippen molar-refractivity contribution in [3.63, 3.8) is 0 Å². The molecule has 9 heteroatoms. The number of carbonyl (C=O) groups is 2.